The van der Waals surface area contributed by atoms with Gasteiger partial charge >= 0.3 is 5.97 Å². The standard InChI is InChI=1S/C33H65NO3/c1-7-9-11-13-14-15-16-17-18-19-20-21-22-23-25-30(31(35)36)29-27-32(3,4)34(33(5,6)28-29)37-26-24-12-10-8-2/h29-30H,7-28H2,1-6H3,(H,35,36). The van der Waals surface area contributed by atoms with Crippen molar-refractivity contribution in [3.8, 4) is 0 Å². The molecule has 0 aromatic carbocycles. The third kappa shape index (κ3) is 14.4. The molecule has 0 aromatic rings. The lowest BCUT2D eigenvalue weighted by molar-refractivity contribution is -0.290. The van der Waals surface area contributed by atoms with Gasteiger partial charge in [-0.25, -0.2) is 0 Å². The molecule has 1 heterocycles. The summed E-state index contributed by atoms with van der Waals surface area (Å²) in [5.74, 6) is -0.618. The molecule has 1 rings (SSSR count). The SMILES string of the molecule is CCCCCCCCCCCCCCCCC(C(=O)O)C1CC(C)(C)N(OCCCCCC)C(C)(C)C1. The minimum absolute atomic E-state index is 0.152. The fourth-order valence-electron chi connectivity index (χ4n) is 6.78. The van der Waals surface area contributed by atoms with E-state index in [2.05, 4.69) is 46.6 Å². The number of unbranched alkanes of at least 4 members (excludes halogenated alkanes) is 16. The number of rotatable bonds is 23. The molecule has 1 aliphatic rings. The smallest absolute Gasteiger partial charge is 0.306 e. The van der Waals surface area contributed by atoms with E-state index in [9.17, 15) is 9.90 Å². The van der Waals surface area contributed by atoms with E-state index in [0.29, 0.717) is 0 Å². The zero-order chi connectivity index (χ0) is 27.6. The molecule has 1 aliphatic heterocycles. The van der Waals surface area contributed by atoms with Crippen LogP contribution in [0.1, 0.15) is 176 Å². The average Bonchev–Trinajstić information content (AvgIpc) is 2.82. The summed E-state index contributed by atoms with van der Waals surface area (Å²) in [7, 11) is 0. The average molecular weight is 524 g/mol. The molecule has 37 heavy (non-hydrogen) atoms. The first-order valence-corrected chi connectivity index (χ1v) is 16.3. The Morgan fingerprint density at radius 3 is 1.49 bits per heavy atom. The second-order valence-corrected chi connectivity index (χ2v) is 13.3. The number of carbonyl (C=O) groups is 1. The van der Waals surface area contributed by atoms with Crippen LogP contribution >= 0.6 is 0 Å². The molecular weight excluding hydrogens is 458 g/mol. The van der Waals surface area contributed by atoms with Crippen molar-refractivity contribution in [1.29, 1.82) is 0 Å². The molecule has 1 fully saturated rings. The summed E-state index contributed by atoms with van der Waals surface area (Å²) >= 11 is 0. The third-order valence-corrected chi connectivity index (χ3v) is 8.60. The second-order valence-electron chi connectivity index (χ2n) is 13.3. The number of hydrogen-bond donors (Lipinski definition) is 1. The Morgan fingerprint density at radius 2 is 1.08 bits per heavy atom. The van der Waals surface area contributed by atoms with Crippen LogP contribution in [-0.4, -0.2) is 33.8 Å². The maximum Gasteiger partial charge on any atom is 0.306 e. The molecule has 0 spiro atoms. The van der Waals surface area contributed by atoms with Crippen LogP contribution in [0.2, 0.25) is 0 Å². The molecule has 0 amide bonds. The summed E-state index contributed by atoms with van der Waals surface area (Å²) in [6.45, 7) is 14.2. The van der Waals surface area contributed by atoms with Crippen LogP contribution in [0.4, 0.5) is 0 Å². The van der Waals surface area contributed by atoms with Crippen LogP contribution < -0.4 is 0 Å². The van der Waals surface area contributed by atoms with Crippen molar-refractivity contribution in [2.24, 2.45) is 11.8 Å². The highest BCUT2D eigenvalue weighted by Gasteiger charge is 2.49. The van der Waals surface area contributed by atoms with E-state index in [4.69, 9.17) is 4.84 Å². The third-order valence-electron chi connectivity index (χ3n) is 8.60. The van der Waals surface area contributed by atoms with E-state index >= 15 is 0 Å². The molecule has 0 aromatic heterocycles. The Bertz CT molecular complexity index is 556. The fourth-order valence-corrected chi connectivity index (χ4v) is 6.78. The first-order valence-electron chi connectivity index (χ1n) is 16.3. The summed E-state index contributed by atoms with van der Waals surface area (Å²) in [6.07, 6.45) is 26.1. The van der Waals surface area contributed by atoms with Crippen molar-refractivity contribution >= 4 is 5.97 Å². The van der Waals surface area contributed by atoms with E-state index in [1.165, 1.54) is 103 Å². The maximum atomic E-state index is 12.3. The molecule has 1 unspecified atom stereocenters. The van der Waals surface area contributed by atoms with Crippen molar-refractivity contribution in [2.75, 3.05) is 6.61 Å². The van der Waals surface area contributed by atoms with Crippen molar-refractivity contribution in [3.05, 3.63) is 0 Å². The van der Waals surface area contributed by atoms with Crippen LogP contribution in [0.3, 0.4) is 0 Å². The molecule has 0 bridgehead atoms. The Balaban J connectivity index is 2.31. The zero-order valence-electron chi connectivity index (χ0n) is 25.9. The van der Waals surface area contributed by atoms with Gasteiger partial charge in [0.25, 0.3) is 0 Å². The van der Waals surface area contributed by atoms with Gasteiger partial charge in [-0.1, -0.05) is 123 Å². The summed E-state index contributed by atoms with van der Waals surface area (Å²) in [5, 5.41) is 12.3. The number of carboxylic acids is 1. The van der Waals surface area contributed by atoms with Gasteiger partial charge in [-0.3, -0.25) is 9.63 Å². The Labute approximate surface area is 231 Å². The van der Waals surface area contributed by atoms with Gasteiger partial charge in [0.1, 0.15) is 0 Å². The van der Waals surface area contributed by atoms with E-state index in [0.717, 1.165) is 38.7 Å². The predicted octanol–water partition coefficient (Wildman–Crippen LogP) is 10.3. The minimum Gasteiger partial charge on any atom is -0.481 e. The number of hydrogen-bond acceptors (Lipinski definition) is 3. The van der Waals surface area contributed by atoms with Gasteiger partial charge in [-0.15, -0.1) is 0 Å². The van der Waals surface area contributed by atoms with Gasteiger partial charge in [-0.05, 0) is 59.3 Å². The first-order chi connectivity index (χ1) is 17.7. The summed E-state index contributed by atoms with van der Waals surface area (Å²) in [4.78, 5) is 18.6. The molecule has 0 aliphatic carbocycles. The first kappa shape index (κ1) is 34.4. The molecule has 0 saturated carbocycles. The van der Waals surface area contributed by atoms with Crippen LogP contribution in [-0.2, 0) is 9.63 Å². The van der Waals surface area contributed by atoms with E-state index in [1.54, 1.807) is 0 Å². The van der Waals surface area contributed by atoms with Crippen molar-refractivity contribution in [3.63, 3.8) is 0 Å². The van der Waals surface area contributed by atoms with Gasteiger partial charge in [0.15, 0.2) is 0 Å². The van der Waals surface area contributed by atoms with E-state index < -0.39 is 5.97 Å². The molecule has 1 saturated heterocycles. The van der Waals surface area contributed by atoms with Crippen LogP contribution in [0, 0.1) is 11.8 Å². The highest BCUT2D eigenvalue weighted by atomic mass is 16.7. The van der Waals surface area contributed by atoms with Crippen molar-refractivity contribution in [1.82, 2.24) is 5.06 Å². The lowest BCUT2D eigenvalue weighted by Gasteiger charge is -2.54. The fraction of sp³-hybridized carbons (Fsp3) is 0.970. The monoisotopic (exact) mass is 523 g/mol. The van der Waals surface area contributed by atoms with Crippen LogP contribution in [0.15, 0.2) is 0 Å². The predicted molar refractivity (Wildman–Crippen MR) is 159 cm³/mol. The lowest BCUT2D eigenvalue weighted by atomic mass is 9.69. The molecule has 0 radical (unpaired) electrons. The molecule has 1 atom stereocenters. The Kier molecular flexibility index (Phi) is 18.1. The topological polar surface area (TPSA) is 49.8 Å². The van der Waals surface area contributed by atoms with Gasteiger partial charge in [0, 0.05) is 11.1 Å². The quantitative estimate of drug-likeness (QED) is 0.135. The maximum absolute atomic E-state index is 12.3. The molecular formula is C33H65NO3. The normalized spacial score (nSPS) is 18.8. The second kappa shape index (κ2) is 19.4. The zero-order valence-corrected chi connectivity index (χ0v) is 25.9. The number of nitrogens with zero attached hydrogens (tertiary/aromatic N) is 1. The van der Waals surface area contributed by atoms with Crippen LogP contribution in [0.25, 0.3) is 0 Å². The van der Waals surface area contributed by atoms with Gasteiger partial charge in [-0.2, -0.15) is 5.06 Å². The Hall–Kier alpha value is -0.610. The number of hydroxylamine groups is 2. The summed E-state index contributed by atoms with van der Waals surface area (Å²) < 4.78 is 0. The van der Waals surface area contributed by atoms with Crippen molar-refractivity contribution < 1.29 is 14.7 Å². The van der Waals surface area contributed by atoms with Crippen LogP contribution in [0.5, 0.6) is 0 Å². The molecule has 4 nitrogen and oxygen atoms in total. The summed E-state index contributed by atoms with van der Waals surface area (Å²) in [5.41, 5.74) is -0.305. The largest absolute Gasteiger partial charge is 0.481 e. The number of aliphatic carboxylic acids is 1. The highest BCUT2D eigenvalue weighted by Crippen LogP contribution is 2.45. The number of piperidine rings is 1. The minimum atomic E-state index is -0.597. The summed E-state index contributed by atoms with van der Waals surface area (Å²) in [6, 6.07) is 0. The number of carboxylic acid groups (broad SMARTS) is 1. The van der Waals surface area contributed by atoms with E-state index in [1.807, 2.05) is 0 Å². The van der Waals surface area contributed by atoms with Gasteiger partial charge in [0.05, 0.1) is 12.5 Å². The van der Waals surface area contributed by atoms with Gasteiger partial charge < -0.3 is 5.11 Å². The molecule has 4 heteroatoms. The Morgan fingerprint density at radius 1 is 0.703 bits per heavy atom. The lowest BCUT2D eigenvalue weighted by Crippen LogP contribution is -2.61. The van der Waals surface area contributed by atoms with Gasteiger partial charge in [0.2, 0.25) is 0 Å². The highest BCUT2D eigenvalue weighted by molar-refractivity contribution is 5.70. The molecule has 220 valence electrons. The van der Waals surface area contributed by atoms with Crippen molar-refractivity contribution in [2.45, 2.75) is 187 Å². The molecule has 1 N–H and O–H groups in total. The van der Waals surface area contributed by atoms with E-state index in [-0.39, 0.29) is 22.9 Å².